The van der Waals surface area contributed by atoms with E-state index in [4.69, 9.17) is 5.73 Å². The van der Waals surface area contributed by atoms with E-state index in [0.29, 0.717) is 40.2 Å². The lowest BCUT2D eigenvalue weighted by Crippen LogP contribution is -2.14. The molecule has 0 radical (unpaired) electrons. The van der Waals surface area contributed by atoms with Gasteiger partial charge in [0.05, 0.1) is 23.8 Å². The minimum atomic E-state index is -0.519. The Bertz CT molecular complexity index is 1320. The molecule has 1 amide bonds. The summed E-state index contributed by atoms with van der Waals surface area (Å²) in [5, 5.41) is 18.9. The van der Waals surface area contributed by atoms with E-state index < -0.39 is 5.91 Å². The second-order valence-corrected chi connectivity index (χ2v) is 7.55. The Kier molecular flexibility index (Phi) is 5.46. The SMILES string of the molecule is C=C(/C(O)=C(/c1nc2ccc(C(N)=O)cc2[nH]1)N(C)C)c1ccc(Cn2ccnn2)cc1. The first kappa shape index (κ1) is 20.9. The molecule has 0 saturated heterocycles. The Morgan fingerprint density at radius 3 is 2.53 bits per heavy atom. The third-order valence-corrected chi connectivity index (χ3v) is 5.07. The third kappa shape index (κ3) is 4.08. The normalized spacial score (nSPS) is 11.9. The second-order valence-electron chi connectivity index (χ2n) is 7.55. The highest BCUT2D eigenvalue weighted by molar-refractivity contribution is 5.96. The molecular weight excluding hydrogens is 406 g/mol. The summed E-state index contributed by atoms with van der Waals surface area (Å²) in [6.45, 7) is 4.69. The van der Waals surface area contributed by atoms with Gasteiger partial charge >= 0.3 is 0 Å². The molecule has 9 nitrogen and oxygen atoms in total. The number of allylic oxidation sites excluding steroid dienone is 1. The highest BCUT2D eigenvalue weighted by Crippen LogP contribution is 2.29. The maximum Gasteiger partial charge on any atom is 0.248 e. The number of primary amides is 1. The van der Waals surface area contributed by atoms with Crippen molar-refractivity contribution in [3.8, 4) is 0 Å². The quantitative estimate of drug-likeness (QED) is 0.306. The van der Waals surface area contributed by atoms with Gasteiger partial charge in [-0.05, 0) is 29.3 Å². The van der Waals surface area contributed by atoms with Crippen LogP contribution < -0.4 is 5.73 Å². The molecule has 0 aliphatic rings. The van der Waals surface area contributed by atoms with Crippen LogP contribution in [0.15, 0.2) is 67.2 Å². The lowest BCUT2D eigenvalue weighted by Gasteiger charge is -2.18. The molecule has 0 fully saturated rings. The number of carbonyl (C=O) groups excluding carboxylic acids is 1. The monoisotopic (exact) mass is 429 g/mol. The van der Waals surface area contributed by atoms with E-state index in [0.717, 1.165) is 11.1 Å². The molecule has 4 rings (SSSR count). The van der Waals surface area contributed by atoms with Crippen molar-refractivity contribution in [3.05, 3.63) is 89.7 Å². The number of amides is 1. The average Bonchev–Trinajstić information content (AvgIpc) is 3.42. The number of H-pyrrole nitrogens is 1. The number of fused-ring (bicyclic) bond motifs is 1. The summed E-state index contributed by atoms with van der Waals surface area (Å²) in [4.78, 5) is 20.9. The first-order valence-corrected chi connectivity index (χ1v) is 9.86. The van der Waals surface area contributed by atoms with Crippen LogP contribution >= 0.6 is 0 Å². The molecule has 2 heterocycles. The van der Waals surface area contributed by atoms with Crippen molar-refractivity contribution in [2.24, 2.45) is 5.73 Å². The standard InChI is InChI=1S/C23H23N7O2/c1-14(16-6-4-15(5-7-16)13-30-11-10-25-28-30)21(31)20(29(2)3)23-26-18-9-8-17(22(24)32)12-19(18)27-23/h4-12,31H,1,13H2,2-3H3,(H2,24,32)(H,26,27)/b21-20+. The first-order chi connectivity index (χ1) is 15.3. The lowest BCUT2D eigenvalue weighted by atomic mass is 10.0. The second kappa shape index (κ2) is 8.38. The van der Waals surface area contributed by atoms with E-state index >= 15 is 0 Å². The van der Waals surface area contributed by atoms with Crippen LogP contribution in [0.5, 0.6) is 0 Å². The van der Waals surface area contributed by atoms with Gasteiger partial charge in [-0.1, -0.05) is 36.1 Å². The third-order valence-electron chi connectivity index (χ3n) is 5.07. The Morgan fingerprint density at radius 1 is 1.19 bits per heavy atom. The molecule has 2 aromatic heterocycles. The van der Waals surface area contributed by atoms with Gasteiger partial charge in [0.2, 0.25) is 5.91 Å². The van der Waals surface area contributed by atoms with Crippen LogP contribution in [0.2, 0.25) is 0 Å². The maximum absolute atomic E-state index is 11.5. The summed E-state index contributed by atoms with van der Waals surface area (Å²) in [6, 6.07) is 12.7. The van der Waals surface area contributed by atoms with E-state index in [2.05, 4.69) is 26.9 Å². The molecular formula is C23H23N7O2. The minimum Gasteiger partial charge on any atom is -0.505 e. The largest absolute Gasteiger partial charge is 0.505 e. The predicted octanol–water partition coefficient (Wildman–Crippen LogP) is 2.80. The average molecular weight is 429 g/mol. The number of nitrogens with one attached hydrogen (secondary N) is 1. The molecule has 4 aromatic rings. The Morgan fingerprint density at radius 2 is 1.91 bits per heavy atom. The molecule has 0 aliphatic heterocycles. The van der Waals surface area contributed by atoms with Crippen molar-refractivity contribution in [2.75, 3.05) is 14.1 Å². The smallest absolute Gasteiger partial charge is 0.248 e. The molecule has 162 valence electrons. The summed E-state index contributed by atoms with van der Waals surface area (Å²) < 4.78 is 1.73. The molecule has 4 N–H and O–H groups in total. The molecule has 32 heavy (non-hydrogen) atoms. The van der Waals surface area contributed by atoms with Gasteiger partial charge in [-0.15, -0.1) is 5.10 Å². The van der Waals surface area contributed by atoms with Crippen LogP contribution in [0, 0.1) is 0 Å². The summed E-state index contributed by atoms with van der Waals surface area (Å²) in [5.74, 6) is -0.0730. The number of rotatable bonds is 7. The topological polar surface area (TPSA) is 126 Å². The van der Waals surface area contributed by atoms with E-state index in [1.165, 1.54) is 0 Å². The Hall–Kier alpha value is -4.40. The maximum atomic E-state index is 11.5. The lowest BCUT2D eigenvalue weighted by molar-refractivity contribution is 0.100. The van der Waals surface area contributed by atoms with E-state index in [9.17, 15) is 9.90 Å². The van der Waals surface area contributed by atoms with Gasteiger partial charge in [0.15, 0.2) is 5.82 Å². The molecule has 0 aliphatic carbocycles. The van der Waals surface area contributed by atoms with E-state index in [1.807, 2.05) is 38.4 Å². The Labute approximate surface area is 184 Å². The van der Waals surface area contributed by atoms with Crippen molar-refractivity contribution in [3.63, 3.8) is 0 Å². The van der Waals surface area contributed by atoms with Crippen molar-refractivity contribution in [2.45, 2.75) is 6.54 Å². The molecule has 2 aromatic carbocycles. The van der Waals surface area contributed by atoms with Crippen molar-refractivity contribution < 1.29 is 9.90 Å². The number of carbonyl (C=O) groups is 1. The van der Waals surface area contributed by atoms with Crippen LogP contribution in [0.4, 0.5) is 0 Å². The van der Waals surface area contributed by atoms with E-state index in [-0.39, 0.29) is 5.76 Å². The molecule has 0 spiro atoms. The van der Waals surface area contributed by atoms with Crippen molar-refractivity contribution >= 4 is 28.2 Å². The number of aromatic amines is 1. The zero-order chi connectivity index (χ0) is 22.8. The summed E-state index contributed by atoms with van der Waals surface area (Å²) >= 11 is 0. The number of hydrogen-bond donors (Lipinski definition) is 3. The van der Waals surface area contributed by atoms with Gasteiger partial charge in [0.1, 0.15) is 11.5 Å². The molecule has 0 unspecified atom stereocenters. The number of aromatic nitrogens is 5. The Balaban J connectivity index is 1.66. The molecule has 0 bridgehead atoms. The number of benzene rings is 2. The fourth-order valence-electron chi connectivity index (χ4n) is 3.41. The minimum absolute atomic E-state index is 0.00629. The number of nitrogens with zero attached hydrogens (tertiary/aromatic N) is 5. The molecule has 9 heteroatoms. The number of hydrogen-bond acceptors (Lipinski definition) is 6. The number of aliphatic hydroxyl groups excluding tert-OH is 1. The van der Waals surface area contributed by atoms with Gasteiger partial charge in [-0.2, -0.15) is 0 Å². The van der Waals surface area contributed by atoms with E-state index in [1.54, 1.807) is 40.2 Å². The number of imidazole rings is 1. The number of aliphatic hydroxyl groups is 1. The molecule has 0 saturated carbocycles. The predicted molar refractivity (Wildman–Crippen MR) is 122 cm³/mol. The van der Waals surface area contributed by atoms with Crippen LogP contribution in [0.3, 0.4) is 0 Å². The first-order valence-electron chi connectivity index (χ1n) is 9.86. The number of nitrogens with two attached hydrogens (primary N) is 1. The highest BCUT2D eigenvalue weighted by Gasteiger charge is 2.19. The van der Waals surface area contributed by atoms with Crippen LogP contribution in [0.1, 0.15) is 27.3 Å². The van der Waals surface area contributed by atoms with Crippen molar-refractivity contribution in [1.29, 1.82) is 0 Å². The highest BCUT2D eigenvalue weighted by atomic mass is 16.3. The zero-order valence-corrected chi connectivity index (χ0v) is 17.8. The summed E-state index contributed by atoms with van der Waals surface area (Å²) in [7, 11) is 3.62. The molecule has 0 atom stereocenters. The fourth-order valence-corrected chi connectivity index (χ4v) is 3.41. The van der Waals surface area contributed by atoms with Gasteiger partial charge in [0.25, 0.3) is 0 Å². The van der Waals surface area contributed by atoms with Crippen LogP contribution in [-0.2, 0) is 6.54 Å². The van der Waals surface area contributed by atoms with Crippen molar-refractivity contribution in [1.82, 2.24) is 29.9 Å². The van der Waals surface area contributed by atoms with Crippen LogP contribution in [-0.4, -0.2) is 55.0 Å². The van der Waals surface area contributed by atoms with Gasteiger partial charge in [-0.3, -0.25) is 4.79 Å². The van der Waals surface area contributed by atoms with Gasteiger partial charge in [0, 0.05) is 31.4 Å². The van der Waals surface area contributed by atoms with Gasteiger partial charge in [-0.25, -0.2) is 9.67 Å². The fraction of sp³-hybridized carbons (Fsp3) is 0.130. The summed E-state index contributed by atoms with van der Waals surface area (Å²) in [6.07, 6.45) is 3.43. The zero-order valence-electron chi connectivity index (χ0n) is 17.8. The van der Waals surface area contributed by atoms with Crippen LogP contribution in [0.25, 0.3) is 22.3 Å². The van der Waals surface area contributed by atoms with Gasteiger partial charge < -0.3 is 20.7 Å². The summed E-state index contributed by atoms with van der Waals surface area (Å²) in [5.41, 5.74) is 9.80.